The highest BCUT2D eigenvalue weighted by Crippen LogP contribution is 2.27. The van der Waals surface area contributed by atoms with Gasteiger partial charge in [-0.2, -0.15) is 0 Å². The lowest BCUT2D eigenvalue weighted by Gasteiger charge is -2.05. The number of aryl methyl sites for hydroxylation is 1. The van der Waals surface area contributed by atoms with Crippen molar-refractivity contribution in [3.63, 3.8) is 0 Å². The Morgan fingerprint density at radius 1 is 1.06 bits per heavy atom. The van der Waals surface area contributed by atoms with Crippen molar-refractivity contribution in [3.8, 4) is 16.9 Å². The van der Waals surface area contributed by atoms with Crippen LogP contribution in [-0.4, -0.2) is 5.11 Å². The van der Waals surface area contributed by atoms with Gasteiger partial charge >= 0.3 is 0 Å². The number of benzene rings is 2. The molecule has 0 bridgehead atoms. The van der Waals surface area contributed by atoms with Crippen LogP contribution in [-0.2, 0) is 0 Å². The molecule has 1 N–H and O–H groups in total. The van der Waals surface area contributed by atoms with Crippen molar-refractivity contribution in [2.24, 2.45) is 0 Å². The van der Waals surface area contributed by atoms with Gasteiger partial charge in [0.05, 0.1) is 5.02 Å². The maximum absolute atomic E-state index is 13.3. The first-order valence-electron chi connectivity index (χ1n) is 4.82. The van der Waals surface area contributed by atoms with Gasteiger partial charge in [0, 0.05) is 0 Å². The Morgan fingerprint density at radius 3 is 2.44 bits per heavy atom. The normalized spacial score (nSPS) is 10.4. The minimum Gasteiger partial charge on any atom is -0.508 e. The van der Waals surface area contributed by atoms with Crippen molar-refractivity contribution >= 4 is 11.6 Å². The number of hydrogen-bond acceptors (Lipinski definition) is 1. The number of aromatic hydroxyl groups is 1. The number of phenolic OH excluding ortho intramolecular Hbond substituents is 1. The molecule has 2 rings (SSSR count). The first-order valence-corrected chi connectivity index (χ1v) is 5.20. The van der Waals surface area contributed by atoms with E-state index in [9.17, 15) is 9.50 Å². The average molecular weight is 237 g/mol. The van der Waals surface area contributed by atoms with Crippen molar-refractivity contribution in [2.75, 3.05) is 0 Å². The molecule has 3 heteroatoms. The molecule has 0 atom stereocenters. The van der Waals surface area contributed by atoms with Crippen LogP contribution in [0.4, 0.5) is 4.39 Å². The smallest absolute Gasteiger partial charge is 0.142 e. The van der Waals surface area contributed by atoms with Crippen molar-refractivity contribution < 1.29 is 9.50 Å². The van der Waals surface area contributed by atoms with Crippen molar-refractivity contribution in [1.29, 1.82) is 0 Å². The van der Waals surface area contributed by atoms with Crippen LogP contribution in [0.3, 0.4) is 0 Å². The maximum atomic E-state index is 13.3. The van der Waals surface area contributed by atoms with E-state index in [1.807, 2.05) is 13.0 Å². The third kappa shape index (κ3) is 2.17. The van der Waals surface area contributed by atoms with Gasteiger partial charge in [-0.3, -0.25) is 0 Å². The lowest BCUT2D eigenvalue weighted by Crippen LogP contribution is -1.83. The van der Waals surface area contributed by atoms with E-state index < -0.39 is 5.82 Å². The van der Waals surface area contributed by atoms with Gasteiger partial charge in [-0.1, -0.05) is 23.7 Å². The first kappa shape index (κ1) is 11.0. The van der Waals surface area contributed by atoms with Crippen LogP contribution in [0.2, 0.25) is 5.02 Å². The zero-order valence-corrected chi connectivity index (χ0v) is 9.42. The summed E-state index contributed by atoms with van der Waals surface area (Å²) in [5.41, 5.74) is 2.39. The zero-order chi connectivity index (χ0) is 11.7. The fourth-order valence-electron chi connectivity index (χ4n) is 1.61. The summed E-state index contributed by atoms with van der Waals surface area (Å²) in [5.74, 6) is -0.287. The number of hydrogen-bond donors (Lipinski definition) is 1. The number of rotatable bonds is 1. The van der Waals surface area contributed by atoms with Gasteiger partial charge < -0.3 is 5.11 Å². The summed E-state index contributed by atoms with van der Waals surface area (Å²) in [7, 11) is 0. The number of halogens is 2. The fraction of sp³-hybridized carbons (Fsp3) is 0.0769. The molecule has 0 saturated carbocycles. The molecular formula is C13H10ClFO. The zero-order valence-electron chi connectivity index (χ0n) is 8.67. The van der Waals surface area contributed by atoms with Crippen LogP contribution in [0.15, 0.2) is 36.4 Å². The topological polar surface area (TPSA) is 20.2 Å². The van der Waals surface area contributed by atoms with Crippen LogP contribution < -0.4 is 0 Å². The Kier molecular flexibility index (Phi) is 2.84. The molecule has 0 spiro atoms. The van der Waals surface area contributed by atoms with Crippen molar-refractivity contribution in [1.82, 2.24) is 0 Å². The summed E-state index contributed by atoms with van der Waals surface area (Å²) in [6.07, 6.45) is 0. The minimum atomic E-state index is -0.458. The highest BCUT2D eigenvalue weighted by Gasteiger charge is 2.04. The Bertz CT molecular complexity index is 517. The lowest BCUT2D eigenvalue weighted by atomic mass is 10.0. The molecule has 16 heavy (non-hydrogen) atoms. The summed E-state index contributed by atoms with van der Waals surface area (Å²) < 4.78 is 13.3. The Balaban J connectivity index is 2.54. The molecule has 0 saturated heterocycles. The van der Waals surface area contributed by atoms with E-state index in [1.165, 1.54) is 12.1 Å². The molecule has 0 radical (unpaired) electrons. The third-order valence-electron chi connectivity index (χ3n) is 2.32. The summed E-state index contributed by atoms with van der Waals surface area (Å²) in [5, 5.41) is 9.56. The quantitative estimate of drug-likeness (QED) is 0.788. The second-order valence-electron chi connectivity index (χ2n) is 3.69. The second kappa shape index (κ2) is 4.14. The molecular weight excluding hydrogens is 227 g/mol. The van der Waals surface area contributed by atoms with Crippen LogP contribution in [0, 0.1) is 12.7 Å². The average Bonchev–Trinajstić information content (AvgIpc) is 2.20. The van der Waals surface area contributed by atoms with E-state index in [4.69, 9.17) is 11.6 Å². The largest absolute Gasteiger partial charge is 0.508 e. The predicted molar refractivity (Wildman–Crippen MR) is 63.2 cm³/mol. The van der Waals surface area contributed by atoms with Gasteiger partial charge in [-0.15, -0.1) is 0 Å². The van der Waals surface area contributed by atoms with Gasteiger partial charge in [0.25, 0.3) is 0 Å². The standard InChI is InChI=1S/C13H10ClFO/c1-8-4-10(6-11(16)5-8)9-2-3-12(14)13(15)7-9/h2-7,16H,1H3. The van der Waals surface area contributed by atoms with E-state index in [2.05, 4.69) is 0 Å². The second-order valence-corrected chi connectivity index (χ2v) is 4.09. The Hall–Kier alpha value is -1.54. The third-order valence-corrected chi connectivity index (χ3v) is 2.62. The first-order chi connectivity index (χ1) is 7.56. The molecule has 0 heterocycles. The fourth-order valence-corrected chi connectivity index (χ4v) is 1.72. The van der Waals surface area contributed by atoms with Gasteiger partial charge in [0.2, 0.25) is 0 Å². The molecule has 1 nitrogen and oxygen atoms in total. The molecule has 0 aliphatic carbocycles. The Labute approximate surface area is 98.1 Å². The molecule has 0 unspecified atom stereocenters. The summed E-state index contributed by atoms with van der Waals surface area (Å²) in [6, 6.07) is 9.70. The summed E-state index contributed by atoms with van der Waals surface area (Å²) >= 11 is 5.61. The number of phenols is 1. The predicted octanol–water partition coefficient (Wildman–Crippen LogP) is 4.16. The Morgan fingerprint density at radius 2 is 1.81 bits per heavy atom. The highest BCUT2D eigenvalue weighted by atomic mass is 35.5. The highest BCUT2D eigenvalue weighted by molar-refractivity contribution is 6.30. The SMILES string of the molecule is Cc1cc(O)cc(-c2ccc(Cl)c(F)c2)c1. The lowest BCUT2D eigenvalue weighted by molar-refractivity contribution is 0.475. The van der Waals surface area contributed by atoms with Gasteiger partial charge in [0.1, 0.15) is 11.6 Å². The van der Waals surface area contributed by atoms with Crippen LogP contribution >= 0.6 is 11.6 Å². The van der Waals surface area contributed by atoms with Gasteiger partial charge in [0.15, 0.2) is 0 Å². The summed E-state index contributed by atoms with van der Waals surface area (Å²) in [6.45, 7) is 1.87. The molecule has 2 aromatic carbocycles. The van der Waals surface area contributed by atoms with Crippen LogP contribution in [0.25, 0.3) is 11.1 Å². The summed E-state index contributed by atoms with van der Waals surface area (Å²) in [4.78, 5) is 0. The van der Waals surface area contributed by atoms with E-state index in [0.29, 0.717) is 5.56 Å². The van der Waals surface area contributed by atoms with Crippen LogP contribution in [0.1, 0.15) is 5.56 Å². The molecule has 0 aliphatic rings. The van der Waals surface area contributed by atoms with Crippen molar-refractivity contribution in [3.05, 3.63) is 52.8 Å². The van der Waals surface area contributed by atoms with Crippen molar-refractivity contribution in [2.45, 2.75) is 6.92 Å². The van der Waals surface area contributed by atoms with E-state index >= 15 is 0 Å². The molecule has 0 aliphatic heterocycles. The van der Waals surface area contributed by atoms with Gasteiger partial charge in [-0.05, 0) is 47.9 Å². The molecule has 2 aromatic rings. The minimum absolute atomic E-state index is 0.0978. The molecule has 0 fully saturated rings. The van der Waals surface area contributed by atoms with Crippen LogP contribution in [0.5, 0.6) is 5.75 Å². The molecule has 0 amide bonds. The maximum Gasteiger partial charge on any atom is 0.142 e. The van der Waals surface area contributed by atoms with E-state index in [1.54, 1.807) is 18.2 Å². The monoisotopic (exact) mass is 236 g/mol. The van der Waals surface area contributed by atoms with E-state index in [0.717, 1.165) is 11.1 Å². The molecule has 0 aromatic heterocycles. The van der Waals surface area contributed by atoms with E-state index in [-0.39, 0.29) is 10.8 Å². The molecule has 82 valence electrons. The van der Waals surface area contributed by atoms with Gasteiger partial charge in [-0.25, -0.2) is 4.39 Å².